The molecule has 0 radical (unpaired) electrons. The minimum Gasteiger partial charge on any atom is -0.378 e. The normalized spacial score (nSPS) is 26.9. The van der Waals surface area contributed by atoms with Gasteiger partial charge in [0.15, 0.2) is 0 Å². The van der Waals surface area contributed by atoms with Crippen molar-refractivity contribution in [3.05, 3.63) is 30.1 Å². The summed E-state index contributed by atoms with van der Waals surface area (Å²) in [5.41, 5.74) is 4.81. The molecule has 0 saturated heterocycles. The minimum absolute atomic E-state index is 0.283. The minimum atomic E-state index is -1.03. The zero-order valence-electron chi connectivity index (χ0n) is 11.0. The van der Waals surface area contributed by atoms with Gasteiger partial charge in [0.2, 0.25) is 5.91 Å². The summed E-state index contributed by atoms with van der Waals surface area (Å²) in [7, 11) is 1.55. The number of nitrogens with one attached hydrogen (secondary N) is 1. The molecule has 1 amide bonds. The molecule has 0 heterocycles. The fraction of sp³-hybridized carbons (Fsp3) is 0.500. The lowest BCUT2D eigenvalue weighted by molar-refractivity contribution is -0.129. The first-order chi connectivity index (χ1) is 9.10. The van der Waals surface area contributed by atoms with Gasteiger partial charge in [-0.1, -0.05) is 25.0 Å². The van der Waals surface area contributed by atoms with Crippen LogP contribution in [0.15, 0.2) is 24.3 Å². The number of carbonyl (C=O) groups is 1. The summed E-state index contributed by atoms with van der Waals surface area (Å²) < 4.78 is 19.1. The highest BCUT2D eigenvalue weighted by Gasteiger charge is 2.46. The Morgan fingerprint density at radius 2 is 2.21 bits per heavy atom. The number of carbonyl (C=O) groups excluding carboxylic acids is 1. The summed E-state index contributed by atoms with van der Waals surface area (Å²) in [6.07, 6.45) is 2.80. The van der Waals surface area contributed by atoms with E-state index in [1.807, 2.05) is 0 Å². The van der Waals surface area contributed by atoms with E-state index in [9.17, 15) is 9.18 Å². The molecule has 104 valence electrons. The quantitative estimate of drug-likeness (QED) is 0.876. The summed E-state index contributed by atoms with van der Waals surface area (Å²) in [5, 5.41) is 2.99. The van der Waals surface area contributed by atoms with Crippen LogP contribution in [0.4, 0.5) is 10.1 Å². The molecule has 3 N–H and O–H groups in total. The molecule has 2 unspecified atom stereocenters. The topological polar surface area (TPSA) is 64.3 Å². The van der Waals surface area contributed by atoms with Crippen LogP contribution in [0.5, 0.6) is 0 Å². The molecule has 1 fully saturated rings. The van der Waals surface area contributed by atoms with Gasteiger partial charge in [-0.25, -0.2) is 4.39 Å². The summed E-state index contributed by atoms with van der Waals surface area (Å²) in [5.74, 6) is -0.897. The van der Waals surface area contributed by atoms with E-state index in [4.69, 9.17) is 10.5 Å². The van der Waals surface area contributed by atoms with Crippen molar-refractivity contribution in [2.24, 2.45) is 5.73 Å². The van der Waals surface area contributed by atoms with Crippen molar-refractivity contribution >= 4 is 11.6 Å². The molecule has 0 aromatic heterocycles. The van der Waals surface area contributed by atoms with Crippen LogP contribution in [0.25, 0.3) is 0 Å². The van der Waals surface area contributed by atoms with E-state index in [2.05, 4.69) is 5.32 Å². The van der Waals surface area contributed by atoms with Crippen LogP contribution in [0.2, 0.25) is 0 Å². The molecular formula is C14H19FN2O2. The Morgan fingerprint density at radius 3 is 2.84 bits per heavy atom. The number of anilines is 1. The summed E-state index contributed by atoms with van der Waals surface area (Å²) >= 11 is 0. The molecule has 2 rings (SSSR count). The summed E-state index contributed by atoms with van der Waals surface area (Å²) in [6, 6.07) is 6.26. The third kappa shape index (κ3) is 2.56. The van der Waals surface area contributed by atoms with Gasteiger partial charge in [-0.3, -0.25) is 4.79 Å². The average Bonchev–Trinajstić information content (AvgIpc) is 2.41. The van der Waals surface area contributed by atoms with E-state index < -0.39 is 17.3 Å². The van der Waals surface area contributed by atoms with Gasteiger partial charge in [-0.2, -0.15) is 0 Å². The van der Waals surface area contributed by atoms with Gasteiger partial charge in [0.1, 0.15) is 11.4 Å². The Labute approximate surface area is 112 Å². The van der Waals surface area contributed by atoms with Gasteiger partial charge >= 0.3 is 0 Å². The van der Waals surface area contributed by atoms with E-state index in [-0.39, 0.29) is 11.8 Å². The lowest BCUT2D eigenvalue weighted by atomic mass is 9.78. The van der Waals surface area contributed by atoms with Crippen molar-refractivity contribution in [3.63, 3.8) is 0 Å². The van der Waals surface area contributed by atoms with Crippen LogP contribution in [0.1, 0.15) is 25.7 Å². The van der Waals surface area contributed by atoms with Crippen LogP contribution < -0.4 is 11.1 Å². The number of hydrogen-bond donors (Lipinski definition) is 2. The molecule has 5 heteroatoms. The van der Waals surface area contributed by atoms with E-state index in [0.717, 1.165) is 19.3 Å². The highest BCUT2D eigenvalue weighted by molar-refractivity contribution is 5.89. The molecule has 0 spiro atoms. The first kappa shape index (κ1) is 13.8. The third-order valence-electron chi connectivity index (χ3n) is 3.79. The van der Waals surface area contributed by atoms with Gasteiger partial charge in [0.05, 0.1) is 11.8 Å². The number of hydrogen-bond acceptors (Lipinski definition) is 3. The molecule has 1 aromatic rings. The average molecular weight is 266 g/mol. The van der Waals surface area contributed by atoms with Crippen LogP contribution in [-0.2, 0) is 9.53 Å². The molecule has 2 atom stereocenters. The van der Waals surface area contributed by atoms with Crippen molar-refractivity contribution in [1.82, 2.24) is 0 Å². The number of primary amides is 1. The monoisotopic (exact) mass is 266 g/mol. The van der Waals surface area contributed by atoms with E-state index in [1.165, 1.54) is 6.07 Å². The second-order valence-corrected chi connectivity index (χ2v) is 4.91. The van der Waals surface area contributed by atoms with Gasteiger partial charge in [0.25, 0.3) is 0 Å². The SMILES string of the molecule is COC1CCCCC1(Nc1ccccc1F)C(N)=O. The molecular weight excluding hydrogens is 247 g/mol. The molecule has 0 aliphatic heterocycles. The maximum atomic E-state index is 13.8. The lowest BCUT2D eigenvalue weighted by Crippen LogP contribution is -2.60. The van der Waals surface area contributed by atoms with Gasteiger partial charge in [-0.15, -0.1) is 0 Å². The number of ether oxygens (including phenoxy) is 1. The van der Waals surface area contributed by atoms with Crippen LogP contribution in [-0.4, -0.2) is 24.7 Å². The number of nitrogens with two attached hydrogens (primary N) is 1. The Balaban J connectivity index is 2.34. The first-order valence-corrected chi connectivity index (χ1v) is 6.45. The van der Waals surface area contributed by atoms with Gasteiger partial charge in [0, 0.05) is 7.11 Å². The fourth-order valence-electron chi connectivity index (χ4n) is 2.75. The Hall–Kier alpha value is -1.62. The van der Waals surface area contributed by atoms with E-state index >= 15 is 0 Å². The standard InChI is InChI=1S/C14H19FN2O2/c1-19-12-8-4-5-9-14(12,13(16)18)17-11-7-3-2-6-10(11)15/h2-3,6-7,12,17H,4-5,8-9H2,1H3,(H2,16,18). The van der Waals surface area contributed by atoms with Crippen LogP contribution >= 0.6 is 0 Å². The van der Waals surface area contributed by atoms with Gasteiger partial charge < -0.3 is 15.8 Å². The van der Waals surface area contributed by atoms with Crippen molar-refractivity contribution in [3.8, 4) is 0 Å². The van der Waals surface area contributed by atoms with Crippen LogP contribution in [0, 0.1) is 5.82 Å². The molecule has 4 nitrogen and oxygen atoms in total. The first-order valence-electron chi connectivity index (χ1n) is 6.45. The Kier molecular flexibility index (Phi) is 4.04. The lowest BCUT2D eigenvalue weighted by Gasteiger charge is -2.42. The predicted molar refractivity (Wildman–Crippen MR) is 71.2 cm³/mol. The van der Waals surface area contributed by atoms with Crippen molar-refractivity contribution in [2.45, 2.75) is 37.3 Å². The third-order valence-corrected chi connectivity index (χ3v) is 3.79. The zero-order chi connectivity index (χ0) is 13.9. The number of amides is 1. The largest absolute Gasteiger partial charge is 0.378 e. The molecule has 19 heavy (non-hydrogen) atoms. The van der Waals surface area contributed by atoms with Crippen molar-refractivity contribution in [2.75, 3.05) is 12.4 Å². The second kappa shape index (κ2) is 5.57. The number of benzene rings is 1. The van der Waals surface area contributed by atoms with E-state index in [0.29, 0.717) is 6.42 Å². The highest BCUT2D eigenvalue weighted by Crippen LogP contribution is 2.34. The van der Waals surface area contributed by atoms with Crippen molar-refractivity contribution < 1.29 is 13.9 Å². The Bertz CT molecular complexity index is 467. The van der Waals surface area contributed by atoms with E-state index in [1.54, 1.807) is 25.3 Å². The highest BCUT2D eigenvalue weighted by atomic mass is 19.1. The molecule has 1 aromatic carbocycles. The second-order valence-electron chi connectivity index (χ2n) is 4.91. The Morgan fingerprint density at radius 1 is 1.47 bits per heavy atom. The summed E-state index contributed by atoms with van der Waals surface area (Å²) in [6.45, 7) is 0. The number of rotatable bonds is 4. The predicted octanol–water partition coefficient (Wildman–Crippen LogP) is 2.05. The molecule has 1 aliphatic rings. The number of methoxy groups -OCH3 is 1. The molecule has 1 saturated carbocycles. The van der Waals surface area contributed by atoms with Crippen LogP contribution in [0.3, 0.4) is 0 Å². The molecule has 1 aliphatic carbocycles. The van der Waals surface area contributed by atoms with Gasteiger partial charge in [-0.05, 0) is 25.0 Å². The fourth-order valence-corrected chi connectivity index (χ4v) is 2.75. The zero-order valence-corrected chi connectivity index (χ0v) is 11.0. The smallest absolute Gasteiger partial charge is 0.245 e. The maximum Gasteiger partial charge on any atom is 0.245 e. The number of halogens is 1. The maximum absolute atomic E-state index is 13.8. The summed E-state index contributed by atoms with van der Waals surface area (Å²) in [4.78, 5) is 11.9. The van der Waals surface area contributed by atoms with Crippen molar-refractivity contribution in [1.29, 1.82) is 0 Å². The number of para-hydroxylation sites is 1. The molecule has 0 bridgehead atoms.